The first-order valence-corrected chi connectivity index (χ1v) is 17.3. The van der Waals surface area contributed by atoms with Crippen LogP contribution >= 0.6 is 12.2 Å². The number of benzene rings is 1. The number of sulfone groups is 1. The number of anilines is 1. The van der Waals surface area contributed by atoms with Crippen LogP contribution in [0.5, 0.6) is 0 Å². The first-order chi connectivity index (χ1) is 19.1. The van der Waals surface area contributed by atoms with Crippen molar-refractivity contribution in [3.8, 4) is 0 Å². The highest BCUT2D eigenvalue weighted by Gasteiger charge is 2.51. The predicted molar refractivity (Wildman–Crippen MR) is 155 cm³/mol. The Balaban J connectivity index is 1.44. The van der Waals surface area contributed by atoms with Crippen molar-refractivity contribution in [3.63, 3.8) is 0 Å². The molecule has 4 aliphatic rings. The molecule has 3 fully saturated rings. The van der Waals surface area contributed by atoms with Gasteiger partial charge >= 0.3 is 6.18 Å². The van der Waals surface area contributed by atoms with Crippen LogP contribution in [0.2, 0.25) is 0 Å². The fraction of sp³-hybridized carbons (Fsp3) is 0.593. The third kappa shape index (κ3) is 6.28. The zero-order valence-electron chi connectivity index (χ0n) is 22.6. The monoisotopic (exact) mass is 633 g/mol. The highest BCUT2D eigenvalue weighted by Crippen LogP contribution is 2.40. The number of hydrogen-bond acceptors (Lipinski definition) is 8. The summed E-state index contributed by atoms with van der Waals surface area (Å²) in [5, 5.41) is 10.1. The lowest BCUT2D eigenvalue weighted by Crippen LogP contribution is -2.61. The van der Waals surface area contributed by atoms with Gasteiger partial charge in [0.15, 0.2) is 15.4 Å². The molecule has 1 aromatic carbocycles. The molecule has 1 aromatic rings. The van der Waals surface area contributed by atoms with E-state index in [9.17, 15) is 35.1 Å². The van der Waals surface area contributed by atoms with Crippen molar-refractivity contribution >= 4 is 42.6 Å². The number of piperazine rings is 1. The Morgan fingerprint density at radius 2 is 1.78 bits per heavy atom. The second-order valence-electron chi connectivity index (χ2n) is 11.4. The quantitative estimate of drug-likeness (QED) is 0.458. The minimum absolute atomic E-state index is 0.0274. The van der Waals surface area contributed by atoms with E-state index in [2.05, 4.69) is 4.90 Å². The van der Waals surface area contributed by atoms with E-state index in [1.54, 1.807) is 12.2 Å². The van der Waals surface area contributed by atoms with E-state index < -0.39 is 37.7 Å². The number of halogens is 3. The third-order valence-corrected chi connectivity index (χ3v) is 12.7. The van der Waals surface area contributed by atoms with Crippen LogP contribution in [0.15, 0.2) is 47.4 Å². The van der Waals surface area contributed by atoms with Crippen molar-refractivity contribution in [3.05, 3.63) is 53.0 Å². The standard InChI is InChI=1S/C27H34F3N3O5S3/c1-26(34,27(28,29)30)20-8-10-21(11-9-20)33-13-12-32(41(37,38)25-5-3-2-4-24(25)39)17-22(33)16-31-14-15-40(35,36)18-23(31)19-6-7-19/h2-3,5,8-11,19,22-23,34H,4,6-7,12-18H2,1H3/t22-,23?,26?/m0/s1. The Kier molecular flexibility index (Phi) is 8.23. The molecule has 2 saturated heterocycles. The molecular weight excluding hydrogens is 600 g/mol. The van der Waals surface area contributed by atoms with E-state index in [4.69, 9.17) is 12.2 Å². The van der Waals surface area contributed by atoms with E-state index >= 15 is 0 Å². The van der Waals surface area contributed by atoms with Gasteiger partial charge in [0.05, 0.1) is 22.5 Å². The van der Waals surface area contributed by atoms with Crippen molar-refractivity contribution in [2.75, 3.05) is 49.1 Å². The van der Waals surface area contributed by atoms with E-state index in [-0.39, 0.29) is 53.6 Å². The number of hydrogen-bond donors (Lipinski definition) is 1. The molecule has 41 heavy (non-hydrogen) atoms. The van der Waals surface area contributed by atoms with Crippen molar-refractivity contribution < 1.29 is 35.1 Å². The van der Waals surface area contributed by atoms with Gasteiger partial charge in [0, 0.05) is 55.7 Å². The van der Waals surface area contributed by atoms with Crippen molar-refractivity contribution in [1.29, 1.82) is 0 Å². The predicted octanol–water partition coefficient (Wildman–Crippen LogP) is 3.00. The molecule has 1 saturated carbocycles. The number of rotatable bonds is 7. The van der Waals surface area contributed by atoms with Crippen LogP contribution in [0.3, 0.4) is 0 Å². The van der Waals surface area contributed by atoms with Gasteiger partial charge in [-0.2, -0.15) is 17.5 Å². The zero-order valence-corrected chi connectivity index (χ0v) is 25.1. The Hall–Kier alpha value is -1.84. The van der Waals surface area contributed by atoms with Gasteiger partial charge in [0.1, 0.15) is 0 Å². The molecule has 2 aliphatic carbocycles. The molecule has 0 aromatic heterocycles. The summed E-state index contributed by atoms with van der Waals surface area (Å²) in [5.41, 5.74) is -2.72. The first kappa shape index (κ1) is 30.6. The highest BCUT2D eigenvalue weighted by molar-refractivity contribution is 7.96. The maximum Gasteiger partial charge on any atom is 0.421 e. The van der Waals surface area contributed by atoms with Gasteiger partial charge in [-0.1, -0.05) is 36.5 Å². The summed E-state index contributed by atoms with van der Waals surface area (Å²) in [6.45, 7) is 1.97. The molecule has 2 heterocycles. The minimum Gasteiger partial charge on any atom is -0.376 e. The summed E-state index contributed by atoms with van der Waals surface area (Å²) >= 11 is 5.34. The lowest BCUT2D eigenvalue weighted by Gasteiger charge is -2.46. The summed E-state index contributed by atoms with van der Waals surface area (Å²) in [6, 6.07) is 4.95. The number of aliphatic hydroxyl groups is 1. The number of nitrogens with zero attached hydrogens (tertiary/aromatic N) is 3. The second-order valence-corrected chi connectivity index (χ2v) is 16.1. The molecule has 0 spiro atoms. The molecule has 2 unspecified atom stereocenters. The van der Waals surface area contributed by atoms with Crippen molar-refractivity contribution in [1.82, 2.24) is 9.21 Å². The van der Waals surface area contributed by atoms with Crippen LogP contribution in [0.25, 0.3) is 0 Å². The summed E-state index contributed by atoms with van der Waals surface area (Å²) in [6.07, 6.45) is 2.38. The SMILES string of the molecule is CC(O)(c1ccc(N2CCN(S(=O)(=O)C3=CC=CCC3=S)C[C@@H]2CN2CCS(=O)(=O)CC2C2CC2)cc1)C(F)(F)F. The van der Waals surface area contributed by atoms with Crippen molar-refractivity contribution in [2.45, 2.75) is 50.0 Å². The van der Waals surface area contributed by atoms with Crippen LogP contribution < -0.4 is 4.90 Å². The molecule has 8 nitrogen and oxygen atoms in total. The maximum atomic E-state index is 13.6. The third-order valence-electron chi connectivity index (χ3n) is 8.53. The molecular formula is C27H34F3N3O5S3. The van der Waals surface area contributed by atoms with Crippen LogP contribution in [0.1, 0.15) is 31.7 Å². The Bertz CT molecular complexity index is 1450. The van der Waals surface area contributed by atoms with Crippen LogP contribution in [0.4, 0.5) is 18.9 Å². The molecule has 226 valence electrons. The lowest BCUT2D eigenvalue weighted by atomic mass is 9.95. The van der Waals surface area contributed by atoms with Crippen molar-refractivity contribution in [2.24, 2.45) is 5.92 Å². The fourth-order valence-corrected chi connectivity index (χ4v) is 9.61. The largest absolute Gasteiger partial charge is 0.421 e. The van der Waals surface area contributed by atoms with Gasteiger partial charge in [0.25, 0.3) is 0 Å². The molecule has 1 N–H and O–H groups in total. The normalized spacial score (nSPS) is 27.9. The number of allylic oxidation sites excluding steroid dienone is 4. The van der Waals surface area contributed by atoms with Crippen LogP contribution in [0, 0.1) is 5.92 Å². The number of thiocarbonyl (C=S) groups is 1. The summed E-state index contributed by atoms with van der Waals surface area (Å²) in [7, 11) is -7.06. The fourth-order valence-electron chi connectivity index (χ4n) is 5.86. The highest BCUT2D eigenvalue weighted by atomic mass is 32.2. The number of sulfonamides is 1. The van der Waals surface area contributed by atoms with Gasteiger partial charge in [-0.15, -0.1) is 0 Å². The average molecular weight is 634 g/mol. The van der Waals surface area contributed by atoms with Gasteiger partial charge in [-0.25, -0.2) is 16.8 Å². The van der Waals surface area contributed by atoms with Gasteiger partial charge in [0.2, 0.25) is 10.0 Å². The van der Waals surface area contributed by atoms with Gasteiger partial charge in [-0.3, -0.25) is 4.90 Å². The lowest BCUT2D eigenvalue weighted by molar-refractivity contribution is -0.258. The van der Waals surface area contributed by atoms with E-state index in [1.165, 1.54) is 34.6 Å². The maximum absolute atomic E-state index is 13.6. The van der Waals surface area contributed by atoms with E-state index in [0.29, 0.717) is 37.0 Å². The second kappa shape index (κ2) is 11.0. The molecule has 14 heteroatoms. The molecule has 0 bridgehead atoms. The van der Waals surface area contributed by atoms with Gasteiger partial charge in [-0.05, 0) is 49.5 Å². The minimum atomic E-state index is -4.85. The van der Waals surface area contributed by atoms with E-state index in [1.807, 2.05) is 4.90 Å². The van der Waals surface area contributed by atoms with Gasteiger partial charge < -0.3 is 10.0 Å². The molecule has 2 aliphatic heterocycles. The smallest absolute Gasteiger partial charge is 0.376 e. The Morgan fingerprint density at radius 1 is 1.10 bits per heavy atom. The molecule has 0 radical (unpaired) electrons. The summed E-state index contributed by atoms with van der Waals surface area (Å²) in [4.78, 5) is 4.55. The first-order valence-electron chi connectivity index (χ1n) is 13.6. The van der Waals surface area contributed by atoms with E-state index in [0.717, 1.165) is 12.8 Å². The topological polar surface area (TPSA) is 98.2 Å². The zero-order chi connectivity index (χ0) is 29.8. The van der Waals surface area contributed by atoms with Crippen LogP contribution in [-0.2, 0) is 25.5 Å². The Morgan fingerprint density at radius 3 is 2.39 bits per heavy atom. The Labute approximate surface area is 244 Å². The molecule has 5 rings (SSSR count). The number of alkyl halides is 3. The average Bonchev–Trinajstić information content (AvgIpc) is 3.75. The molecule has 3 atom stereocenters. The summed E-state index contributed by atoms with van der Waals surface area (Å²) < 4.78 is 93.8. The van der Waals surface area contributed by atoms with Crippen LogP contribution in [-0.4, -0.2) is 98.5 Å². The molecule has 0 amide bonds. The summed E-state index contributed by atoms with van der Waals surface area (Å²) in [5.74, 6) is 0.378.